The number of rotatable bonds is 7. The Kier molecular flexibility index (Phi) is 5.09. The van der Waals surface area contributed by atoms with E-state index in [0.717, 1.165) is 24.3 Å². The quantitative estimate of drug-likeness (QED) is 0.774. The van der Waals surface area contributed by atoms with Gasteiger partial charge in [0, 0.05) is 6.42 Å². The zero-order valence-electron chi connectivity index (χ0n) is 14.6. The Bertz CT molecular complexity index is 757. The fourth-order valence-corrected chi connectivity index (χ4v) is 3.00. The Balaban J connectivity index is 1.68. The van der Waals surface area contributed by atoms with Crippen LogP contribution < -0.4 is 19.5 Å². The van der Waals surface area contributed by atoms with Crippen LogP contribution in [0.2, 0.25) is 0 Å². The van der Waals surface area contributed by atoms with Crippen LogP contribution in [0.4, 0.5) is 0 Å². The van der Waals surface area contributed by atoms with E-state index < -0.39 is 0 Å². The van der Waals surface area contributed by atoms with Gasteiger partial charge < -0.3 is 24.3 Å². The van der Waals surface area contributed by atoms with Crippen LogP contribution in [0.3, 0.4) is 0 Å². The molecule has 1 aliphatic rings. The van der Waals surface area contributed by atoms with E-state index in [4.69, 9.17) is 18.9 Å². The van der Waals surface area contributed by atoms with E-state index in [9.17, 15) is 4.79 Å². The average Bonchev–Trinajstić information content (AvgIpc) is 2.97. The second kappa shape index (κ2) is 7.44. The van der Waals surface area contributed by atoms with Gasteiger partial charge in [0.25, 0.3) is 6.23 Å². The molecule has 0 bridgehead atoms. The topological polar surface area (TPSA) is 70.6 Å². The van der Waals surface area contributed by atoms with Gasteiger partial charge in [-0.15, -0.1) is 0 Å². The lowest BCUT2D eigenvalue weighted by atomic mass is 10.1. The van der Waals surface area contributed by atoms with E-state index in [1.54, 1.807) is 20.3 Å². The van der Waals surface area contributed by atoms with Crippen LogP contribution in [0, 0.1) is 0 Å². The third kappa shape index (κ3) is 3.39. The zero-order chi connectivity index (χ0) is 17.8. The first-order chi connectivity index (χ1) is 12.2. The minimum Gasteiger partial charge on any atom is -0.497 e. The molecule has 0 aromatic heterocycles. The zero-order valence-corrected chi connectivity index (χ0v) is 14.6. The van der Waals surface area contributed by atoms with Crippen LogP contribution in [0.5, 0.6) is 17.2 Å². The van der Waals surface area contributed by atoms with Gasteiger partial charge >= 0.3 is 5.97 Å². The maximum Gasteiger partial charge on any atom is 0.347 e. The van der Waals surface area contributed by atoms with Gasteiger partial charge in [-0.2, -0.15) is 0 Å². The first kappa shape index (κ1) is 17.1. The standard InChI is InChI=1S/C19H21NO5/c1-22-13-6-4-12(5-7-13)10-11-20-18-14-8-9-15(23-2)17(24-3)16(14)19(21)25-18/h4-9,18,20H,10-11H2,1-3H3/p+1/t18-/m0/s1. The van der Waals surface area contributed by atoms with Gasteiger partial charge in [0.1, 0.15) is 11.3 Å². The van der Waals surface area contributed by atoms with E-state index in [1.165, 1.54) is 12.7 Å². The molecule has 2 N–H and O–H groups in total. The van der Waals surface area contributed by atoms with Crippen LogP contribution in [-0.2, 0) is 11.2 Å². The molecule has 3 rings (SSSR count). The normalized spacial score (nSPS) is 15.5. The maximum absolute atomic E-state index is 12.2. The number of nitrogens with two attached hydrogens (primary N) is 1. The van der Waals surface area contributed by atoms with Crippen molar-refractivity contribution in [2.24, 2.45) is 0 Å². The minimum absolute atomic E-state index is 0.361. The van der Waals surface area contributed by atoms with Gasteiger partial charge in [-0.05, 0) is 29.8 Å². The highest BCUT2D eigenvalue weighted by Crippen LogP contribution is 2.39. The number of hydrogen-bond donors (Lipinski definition) is 1. The first-order valence-electron chi connectivity index (χ1n) is 8.10. The molecule has 0 unspecified atom stereocenters. The second-order valence-electron chi connectivity index (χ2n) is 5.71. The summed E-state index contributed by atoms with van der Waals surface area (Å²) in [5.41, 5.74) is 2.47. The molecule has 2 aromatic carbocycles. The number of carbonyl (C=O) groups is 1. The monoisotopic (exact) mass is 344 g/mol. The Hall–Kier alpha value is -2.73. The van der Waals surface area contributed by atoms with Gasteiger partial charge in [-0.3, -0.25) is 0 Å². The highest BCUT2D eigenvalue weighted by atomic mass is 16.6. The predicted molar refractivity (Wildman–Crippen MR) is 91.2 cm³/mol. The molecule has 0 saturated carbocycles. The summed E-state index contributed by atoms with van der Waals surface area (Å²) in [6, 6.07) is 11.6. The lowest BCUT2D eigenvalue weighted by molar-refractivity contribution is -0.727. The third-order valence-electron chi connectivity index (χ3n) is 4.30. The fourth-order valence-electron chi connectivity index (χ4n) is 3.00. The van der Waals surface area contributed by atoms with E-state index in [1.807, 2.05) is 35.6 Å². The van der Waals surface area contributed by atoms with Crippen LogP contribution >= 0.6 is 0 Å². The molecule has 6 heteroatoms. The highest BCUT2D eigenvalue weighted by molar-refractivity contribution is 5.97. The van der Waals surface area contributed by atoms with Crippen LogP contribution in [0.15, 0.2) is 36.4 Å². The average molecular weight is 344 g/mol. The Morgan fingerprint density at radius 3 is 2.40 bits per heavy atom. The molecule has 0 fully saturated rings. The predicted octanol–water partition coefficient (Wildman–Crippen LogP) is 1.69. The SMILES string of the molecule is COc1ccc(CC[NH2+][C@H]2OC(=O)c3c2ccc(OC)c3OC)cc1. The molecule has 2 aromatic rings. The summed E-state index contributed by atoms with van der Waals surface area (Å²) in [4.78, 5) is 12.2. The molecule has 1 atom stereocenters. The second-order valence-corrected chi connectivity index (χ2v) is 5.71. The van der Waals surface area contributed by atoms with Gasteiger partial charge in [0.15, 0.2) is 11.5 Å². The summed E-state index contributed by atoms with van der Waals surface area (Å²) >= 11 is 0. The molecule has 132 valence electrons. The summed E-state index contributed by atoms with van der Waals surface area (Å²) in [7, 11) is 4.72. The lowest BCUT2D eigenvalue weighted by Gasteiger charge is -2.11. The van der Waals surface area contributed by atoms with E-state index in [2.05, 4.69) is 0 Å². The molecule has 0 aliphatic carbocycles. The molecule has 0 radical (unpaired) electrons. The van der Waals surface area contributed by atoms with Gasteiger partial charge in [-0.25, -0.2) is 4.79 Å². The number of hydrogen-bond acceptors (Lipinski definition) is 5. The van der Waals surface area contributed by atoms with Gasteiger partial charge in [0.2, 0.25) is 0 Å². The molecule has 1 heterocycles. The summed E-state index contributed by atoms with van der Waals surface area (Å²) in [5, 5.41) is 2.01. The molecule has 0 amide bonds. The molecule has 1 aliphatic heterocycles. The fraction of sp³-hybridized carbons (Fsp3) is 0.316. The number of quaternary nitrogens is 1. The van der Waals surface area contributed by atoms with Gasteiger partial charge in [0.05, 0.1) is 33.4 Å². The van der Waals surface area contributed by atoms with E-state index in [0.29, 0.717) is 17.1 Å². The Morgan fingerprint density at radius 1 is 1.00 bits per heavy atom. The third-order valence-corrected chi connectivity index (χ3v) is 4.30. The van der Waals surface area contributed by atoms with Crippen molar-refractivity contribution in [1.82, 2.24) is 0 Å². The largest absolute Gasteiger partial charge is 0.497 e. The molecule has 25 heavy (non-hydrogen) atoms. The van der Waals surface area contributed by atoms with Crippen molar-refractivity contribution in [3.63, 3.8) is 0 Å². The van der Waals surface area contributed by atoms with Crippen LogP contribution in [0.1, 0.15) is 27.7 Å². The summed E-state index contributed by atoms with van der Waals surface area (Å²) in [6.07, 6.45) is 0.501. The maximum atomic E-state index is 12.2. The number of ether oxygens (including phenoxy) is 4. The highest BCUT2D eigenvalue weighted by Gasteiger charge is 2.37. The number of fused-ring (bicyclic) bond motifs is 1. The van der Waals surface area contributed by atoms with Crippen molar-refractivity contribution in [2.75, 3.05) is 27.9 Å². The summed E-state index contributed by atoms with van der Waals surface area (Å²) in [5.74, 6) is 1.41. The number of cyclic esters (lactones) is 1. The van der Waals surface area contributed by atoms with Crippen LogP contribution in [0.25, 0.3) is 0 Å². The minimum atomic E-state index is -0.378. The molecular formula is C19H22NO5+. The molecular weight excluding hydrogens is 322 g/mol. The number of benzene rings is 2. The van der Waals surface area contributed by atoms with E-state index in [-0.39, 0.29) is 12.2 Å². The molecule has 6 nitrogen and oxygen atoms in total. The summed E-state index contributed by atoms with van der Waals surface area (Å²) in [6.45, 7) is 0.790. The van der Waals surface area contributed by atoms with Crippen molar-refractivity contribution < 1.29 is 29.1 Å². The number of carbonyl (C=O) groups excluding carboxylic acids is 1. The Labute approximate surface area is 146 Å². The molecule has 0 saturated heterocycles. The van der Waals surface area contributed by atoms with Crippen molar-refractivity contribution in [3.8, 4) is 17.2 Å². The van der Waals surface area contributed by atoms with Gasteiger partial charge in [-0.1, -0.05) is 12.1 Å². The van der Waals surface area contributed by atoms with Crippen LogP contribution in [-0.4, -0.2) is 33.8 Å². The van der Waals surface area contributed by atoms with Crippen molar-refractivity contribution in [2.45, 2.75) is 12.6 Å². The lowest BCUT2D eigenvalue weighted by Crippen LogP contribution is -2.85. The summed E-state index contributed by atoms with van der Waals surface area (Å²) < 4.78 is 21.2. The smallest absolute Gasteiger partial charge is 0.347 e. The first-order valence-corrected chi connectivity index (χ1v) is 8.10. The van der Waals surface area contributed by atoms with E-state index >= 15 is 0 Å². The van der Waals surface area contributed by atoms with Crippen molar-refractivity contribution in [3.05, 3.63) is 53.1 Å². The number of esters is 1. The number of methoxy groups -OCH3 is 3. The Morgan fingerprint density at radius 2 is 1.76 bits per heavy atom. The van der Waals surface area contributed by atoms with Crippen molar-refractivity contribution in [1.29, 1.82) is 0 Å². The van der Waals surface area contributed by atoms with Crippen molar-refractivity contribution >= 4 is 5.97 Å². The molecule has 0 spiro atoms.